The number of pyridine rings is 1. The van der Waals surface area contributed by atoms with Gasteiger partial charge in [-0.15, -0.1) is 0 Å². The van der Waals surface area contributed by atoms with Crippen molar-refractivity contribution in [1.29, 1.82) is 0 Å². The van der Waals surface area contributed by atoms with Crippen LogP contribution in [0.4, 0.5) is 5.82 Å². The molecule has 1 aromatic rings. The van der Waals surface area contributed by atoms with Gasteiger partial charge in [0.25, 0.3) is 0 Å². The Morgan fingerprint density at radius 3 is 3.12 bits per heavy atom. The van der Waals surface area contributed by atoms with E-state index in [0.29, 0.717) is 30.5 Å². The molecule has 0 aliphatic carbocycles. The van der Waals surface area contributed by atoms with Crippen molar-refractivity contribution in [3.8, 4) is 5.75 Å². The third-order valence-corrected chi connectivity index (χ3v) is 3.21. The Balaban J connectivity index is 2.20. The van der Waals surface area contributed by atoms with Crippen LogP contribution >= 0.6 is 12.6 Å². The summed E-state index contributed by atoms with van der Waals surface area (Å²) in [6, 6.07) is 3.54. The van der Waals surface area contributed by atoms with Gasteiger partial charge in [-0.1, -0.05) is 0 Å². The number of ether oxygens (including phenoxy) is 1. The summed E-state index contributed by atoms with van der Waals surface area (Å²) in [4.78, 5) is 17.6. The fraction of sp³-hybridized carbons (Fsp3) is 0.455. The van der Waals surface area contributed by atoms with Crippen molar-refractivity contribution in [1.82, 2.24) is 4.98 Å². The van der Waals surface area contributed by atoms with Crippen LogP contribution < -0.4 is 9.64 Å². The molecule has 5 heteroatoms. The van der Waals surface area contributed by atoms with E-state index in [-0.39, 0.29) is 5.91 Å². The molecule has 0 N–H and O–H groups in total. The Kier molecular flexibility index (Phi) is 3.33. The highest BCUT2D eigenvalue weighted by Crippen LogP contribution is 2.26. The molecule has 1 amide bonds. The number of rotatable bonds is 3. The minimum Gasteiger partial charge on any atom is -0.497 e. The summed E-state index contributed by atoms with van der Waals surface area (Å²) in [5, 5.41) is 0. The highest BCUT2D eigenvalue weighted by atomic mass is 32.1. The molecule has 1 aliphatic heterocycles. The van der Waals surface area contributed by atoms with Gasteiger partial charge in [0.15, 0.2) is 0 Å². The predicted octanol–water partition coefficient (Wildman–Crippen LogP) is 1.37. The summed E-state index contributed by atoms with van der Waals surface area (Å²) >= 11 is 4.22. The van der Waals surface area contributed by atoms with Crippen LogP contribution in [0.2, 0.25) is 0 Å². The van der Waals surface area contributed by atoms with Crippen molar-refractivity contribution in [2.24, 2.45) is 5.92 Å². The van der Waals surface area contributed by atoms with Crippen LogP contribution in [0.3, 0.4) is 0 Å². The number of hydrogen-bond acceptors (Lipinski definition) is 4. The second kappa shape index (κ2) is 4.74. The lowest BCUT2D eigenvalue weighted by atomic mass is 10.1. The van der Waals surface area contributed by atoms with Gasteiger partial charge in [0.2, 0.25) is 5.91 Å². The number of aromatic nitrogens is 1. The fourth-order valence-electron chi connectivity index (χ4n) is 1.80. The van der Waals surface area contributed by atoms with Crippen LogP contribution in [0.5, 0.6) is 5.75 Å². The fourth-order valence-corrected chi connectivity index (χ4v) is 2.04. The van der Waals surface area contributed by atoms with Crippen LogP contribution in [0.15, 0.2) is 18.3 Å². The van der Waals surface area contributed by atoms with E-state index in [0.717, 1.165) is 5.75 Å². The highest BCUT2D eigenvalue weighted by Gasteiger charge is 2.30. The molecule has 1 aliphatic rings. The van der Waals surface area contributed by atoms with Gasteiger partial charge >= 0.3 is 0 Å². The number of amides is 1. The smallest absolute Gasteiger partial charge is 0.228 e. The normalized spacial score (nSPS) is 20.2. The summed E-state index contributed by atoms with van der Waals surface area (Å²) in [6.07, 6.45) is 2.21. The average molecular weight is 238 g/mol. The van der Waals surface area contributed by atoms with Crippen molar-refractivity contribution >= 4 is 24.4 Å². The molecule has 0 radical (unpaired) electrons. The summed E-state index contributed by atoms with van der Waals surface area (Å²) < 4.78 is 5.11. The van der Waals surface area contributed by atoms with Gasteiger partial charge in [-0.05, 0) is 17.7 Å². The van der Waals surface area contributed by atoms with Crippen molar-refractivity contribution in [3.05, 3.63) is 18.3 Å². The molecule has 1 aromatic heterocycles. The number of nitrogens with zero attached hydrogens (tertiary/aromatic N) is 2. The van der Waals surface area contributed by atoms with Gasteiger partial charge < -0.3 is 4.74 Å². The molecule has 0 spiro atoms. The van der Waals surface area contributed by atoms with Crippen LogP contribution in [0.1, 0.15) is 6.42 Å². The lowest BCUT2D eigenvalue weighted by molar-refractivity contribution is -0.117. The van der Waals surface area contributed by atoms with E-state index in [2.05, 4.69) is 17.6 Å². The Hall–Kier alpha value is -1.23. The third kappa shape index (κ3) is 2.14. The zero-order valence-corrected chi connectivity index (χ0v) is 9.98. The first-order valence-corrected chi connectivity index (χ1v) is 5.79. The van der Waals surface area contributed by atoms with E-state index in [1.807, 2.05) is 0 Å². The minimum atomic E-state index is 0.111. The van der Waals surface area contributed by atoms with Crippen LogP contribution in [0.25, 0.3) is 0 Å². The highest BCUT2D eigenvalue weighted by molar-refractivity contribution is 7.80. The van der Waals surface area contributed by atoms with Gasteiger partial charge in [0, 0.05) is 25.2 Å². The van der Waals surface area contributed by atoms with E-state index in [1.54, 1.807) is 30.3 Å². The maximum absolute atomic E-state index is 11.8. The van der Waals surface area contributed by atoms with E-state index >= 15 is 0 Å². The summed E-state index contributed by atoms with van der Waals surface area (Å²) in [6.45, 7) is 0.697. The number of methoxy groups -OCH3 is 1. The van der Waals surface area contributed by atoms with E-state index in [9.17, 15) is 4.79 Å². The molecule has 16 heavy (non-hydrogen) atoms. The topological polar surface area (TPSA) is 42.4 Å². The van der Waals surface area contributed by atoms with Gasteiger partial charge in [0.05, 0.1) is 7.11 Å². The summed E-state index contributed by atoms with van der Waals surface area (Å²) in [7, 11) is 1.60. The molecule has 0 saturated carbocycles. The average Bonchev–Trinajstić information content (AvgIpc) is 2.71. The SMILES string of the molecule is COc1ccnc(N2CC(CS)CC2=O)c1. The van der Waals surface area contributed by atoms with Crippen LogP contribution in [0, 0.1) is 5.92 Å². The van der Waals surface area contributed by atoms with Crippen molar-refractivity contribution in [2.75, 3.05) is 24.3 Å². The molecule has 0 bridgehead atoms. The maximum Gasteiger partial charge on any atom is 0.228 e. The number of anilines is 1. The lowest BCUT2D eigenvalue weighted by Gasteiger charge is -2.15. The first-order chi connectivity index (χ1) is 7.74. The van der Waals surface area contributed by atoms with Gasteiger partial charge in [-0.2, -0.15) is 12.6 Å². The number of carbonyl (C=O) groups is 1. The van der Waals surface area contributed by atoms with Crippen LogP contribution in [-0.4, -0.2) is 30.3 Å². The molecule has 1 atom stereocenters. The number of carbonyl (C=O) groups excluding carboxylic acids is 1. The molecular weight excluding hydrogens is 224 g/mol. The number of hydrogen-bond donors (Lipinski definition) is 1. The van der Waals surface area contributed by atoms with Crippen molar-refractivity contribution in [2.45, 2.75) is 6.42 Å². The first-order valence-electron chi connectivity index (χ1n) is 5.16. The summed E-state index contributed by atoms with van der Waals surface area (Å²) in [5.74, 6) is 2.54. The molecule has 86 valence electrons. The zero-order chi connectivity index (χ0) is 11.5. The number of thiol groups is 1. The second-order valence-electron chi connectivity index (χ2n) is 3.81. The summed E-state index contributed by atoms with van der Waals surface area (Å²) in [5.41, 5.74) is 0. The van der Waals surface area contributed by atoms with E-state index in [1.165, 1.54) is 0 Å². The molecule has 1 unspecified atom stereocenters. The molecule has 2 rings (SSSR count). The largest absolute Gasteiger partial charge is 0.497 e. The molecule has 1 saturated heterocycles. The maximum atomic E-state index is 11.8. The monoisotopic (exact) mass is 238 g/mol. The van der Waals surface area contributed by atoms with Gasteiger partial charge in [-0.3, -0.25) is 9.69 Å². The molecule has 1 fully saturated rings. The Bertz CT molecular complexity index is 397. The Morgan fingerprint density at radius 1 is 1.69 bits per heavy atom. The predicted molar refractivity (Wildman–Crippen MR) is 65.1 cm³/mol. The molecular formula is C11H14N2O2S. The van der Waals surface area contributed by atoms with Crippen molar-refractivity contribution in [3.63, 3.8) is 0 Å². The molecule has 4 nitrogen and oxygen atoms in total. The van der Waals surface area contributed by atoms with E-state index in [4.69, 9.17) is 4.74 Å². The van der Waals surface area contributed by atoms with Gasteiger partial charge in [-0.25, -0.2) is 4.98 Å². The Labute approximate surface area is 100 Å². The quantitative estimate of drug-likeness (QED) is 0.809. The van der Waals surface area contributed by atoms with Crippen LogP contribution in [-0.2, 0) is 4.79 Å². The zero-order valence-electron chi connectivity index (χ0n) is 9.09. The van der Waals surface area contributed by atoms with Crippen molar-refractivity contribution < 1.29 is 9.53 Å². The lowest BCUT2D eigenvalue weighted by Crippen LogP contribution is -2.25. The van der Waals surface area contributed by atoms with Gasteiger partial charge in [0.1, 0.15) is 11.6 Å². The Morgan fingerprint density at radius 2 is 2.50 bits per heavy atom. The molecule has 0 aromatic carbocycles. The minimum absolute atomic E-state index is 0.111. The molecule has 2 heterocycles. The second-order valence-corrected chi connectivity index (χ2v) is 4.18. The van der Waals surface area contributed by atoms with E-state index < -0.39 is 0 Å². The third-order valence-electron chi connectivity index (χ3n) is 2.69. The first kappa shape index (κ1) is 11.3. The standard InChI is InChI=1S/C11H14N2O2S/c1-15-9-2-3-12-10(5-9)13-6-8(7-16)4-11(13)14/h2-3,5,8,16H,4,6-7H2,1H3.